The Kier molecular flexibility index (Phi) is 6.28. The number of nitriles is 1. The number of oxazole rings is 1. The Morgan fingerprint density at radius 1 is 1.06 bits per heavy atom. The number of piperazine rings is 1. The maximum atomic E-state index is 14.0. The lowest BCUT2D eigenvalue weighted by Crippen LogP contribution is -2.48. The normalized spacial score (nSPS) is 15.2. The smallest absolute Gasteiger partial charge is 0.246 e. The third-order valence-electron chi connectivity index (χ3n) is 5.00. The van der Waals surface area contributed by atoms with Crippen molar-refractivity contribution >= 4 is 39.7 Å². The molecule has 1 fully saturated rings. The molecule has 0 radical (unpaired) electrons. The summed E-state index contributed by atoms with van der Waals surface area (Å²) >= 11 is 5.88. The maximum Gasteiger partial charge on any atom is 0.246 e. The molecule has 0 aliphatic carbocycles. The predicted octanol–water partition coefficient (Wildman–Crippen LogP) is 4.02. The first kappa shape index (κ1) is 22.0. The Hall–Kier alpha value is -3.19. The zero-order valence-corrected chi connectivity index (χ0v) is 18.4. The van der Waals surface area contributed by atoms with Crippen LogP contribution in [0.3, 0.4) is 0 Å². The largest absolute Gasteiger partial charge is 0.420 e. The van der Waals surface area contributed by atoms with Gasteiger partial charge in [-0.2, -0.15) is 14.6 Å². The van der Waals surface area contributed by atoms with Crippen molar-refractivity contribution in [3.05, 3.63) is 76.5 Å². The van der Waals surface area contributed by atoms with Crippen LogP contribution in [0.25, 0.3) is 12.2 Å². The first-order chi connectivity index (χ1) is 15.4. The Morgan fingerprint density at radius 2 is 1.75 bits per heavy atom. The number of nitrogens with zero attached hydrogens (tertiary/aromatic N) is 4. The molecule has 2 aromatic carbocycles. The van der Waals surface area contributed by atoms with Gasteiger partial charge in [-0.3, -0.25) is 0 Å². The number of anilines is 1. The number of hydrogen-bond acceptors (Lipinski definition) is 6. The van der Waals surface area contributed by atoms with Crippen molar-refractivity contribution in [3.8, 4) is 6.07 Å². The van der Waals surface area contributed by atoms with Gasteiger partial charge in [-0.25, -0.2) is 12.8 Å². The number of halogens is 2. The quantitative estimate of drug-likeness (QED) is 0.557. The van der Waals surface area contributed by atoms with E-state index in [1.54, 1.807) is 29.2 Å². The van der Waals surface area contributed by atoms with Crippen LogP contribution in [0.1, 0.15) is 17.1 Å². The summed E-state index contributed by atoms with van der Waals surface area (Å²) in [4.78, 5) is 5.62. The molecule has 32 heavy (non-hydrogen) atoms. The van der Waals surface area contributed by atoms with Gasteiger partial charge in [0, 0.05) is 37.3 Å². The fourth-order valence-electron chi connectivity index (χ4n) is 3.35. The molecule has 0 N–H and O–H groups in total. The standard InChI is InChI=1S/C22H18ClFN4O3S/c23-17-8-5-16(6-9-17)7-10-21-26-19(15-25)22(31-21)27-11-13-28(14-12-27)32(29,30)20-4-2-1-3-18(20)24/h1-10H,11-14H2/b10-7+. The predicted molar refractivity (Wildman–Crippen MR) is 119 cm³/mol. The lowest BCUT2D eigenvalue weighted by atomic mass is 10.2. The number of sulfonamides is 1. The van der Waals surface area contributed by atoms with Crippen LogP contribution in [0, 0.1) is 17.1 Å². The molecule has 1 aliphatic rings. The summed E-state index contributed by atoms with van der Waals surface area (Å²) in [6.07, 6.45) is 3.43. The highest BCUT2D eigenvalue weighted by Gasteiger charge is 2.32. The van der Waals surface area contributed by atoms with Gasteiger partial charge in [0.1, 0.15) is 16.8 Å². The molecular weight excluding hydrogens is 455 g/mol. The molecular formula is C22H18ClFN4O3S. The lowest BCUT2D eigenvalue weighted by molar-refractivity contribution is 0.371. The summed E-state index contributed by atoms with van der Waals surface area (Å²) in [5.41, 5.74) is 1.01. The van der Waals surface area contributed by atoms with Gasteiger partial charge < -0.3 is 9.32 Å². The fraction of sp³-hybridized carbons (Fsp3) is 0.182. The topological polar surface area (TPSA) is 90.4 Å². The summed E-state index contributed by atoms with van der Waals surface area (Å²) in [6, 6.07) is 14.5. The second-order valence-corrected chi connectivity index (χ2v) is 9.37. The van der Waals surface area contributed by atoms with E-state index < -0.39 is 15.8 Å². The van der Waals surface area contributed by atoms with Crippen molar-refractivity contribution < 1.29 is 17.2 Å². The summed E-state index contributed by atoms with van der Waals surface area (Å²) < 4.78 is 46.6. The second kappa shape index (κ2) is 9.12. The van der Waals surface area contributed by atoms with Crippen LogP contribution >= 0.6 is 11.6 Å². The van der Waals surface area contributed by atoms with Crippen LogP contribution < -0.4 is 4.90 Å². The van der Waals surface area contributed by atoms with E-state index in [9.17, 15) is 18.1 Å². The first-order valence-corrected chi connectivity index (χ1v) is 11.5. The third-order valence-corrected chi connectivity index (χ3v) is 7.18. The van der Waals surface area contributed by atoms with Gasteiger partial charge in [-0.1, -0.05) is 35.9 Å². The molecule has 1 aromatic heterocycles. The summed E-state index contributed by atoms with van der Waals surface area (Å²) in [7, 11) is -3.95. The van der Waals surface area contributed by atoms with Gasteiger partial charge in [0.05, 0.1) is 0 Å². The molecule has 3 aromatic rings. The van der Waals surface area contributed by atoms with Gasteiger partial charge >= 0.3 is 0 Å². The molecule has 164 valence electrons. The van der Waals surface area contributed by atoms with Crippen molar-refractivity contribution in [1.29, 1.82) is 5.26 Å². The maximum absolute atomic E-state index is 14.0. The van der Waals surface area contributed by atoms with E-state index in [-0.39, 0.29) is 48.5 Å². The van der Waals surface area contributed by atoms with Gasteiger partial charge in [-0.05, 0) is 35.9 Å². The zero-order chi connectivity index (χ0) is 22.7. The molecule has 0 bridgehead atoms. The molecule has 0 unspecified atom stereocenters. The SMILES string of the molecule is N#Cc1nc(/C=C/c2ccc(Cl)cc2)oc1N1CCN(S(=O)(=O)c2ccccc2F)CC1. The molecule has 1 aliphatic heterocycles. The van der Waals surface area contributed by atoms with Crippen LogP contribution in [-0.2, 0) is 10.0 Å². The van der Waals surface area contributed by atoms with Crippen molar-refractivity contribution in [3.63, 3.8) is 0 Å². The van der Waals surface area contributed by atoms with Crippen LogP contribution in [0.15, 0.2) is 57.8 Å². The number of hydrogen-bond donors (Lipinski definition) is 0. The summed E-state index contributed by atoms with van der Waals surface area (Å²) in [5, 5.41) is 10.1. The molecule has 0 saturated carbocycles. The number of rotatable bonds is 5. The van der Waals surface area contributed by atoms with Gasteiger partial charge in [0.15, 0.2) is 0 Å². The van der Waals surface area contributed by atoms with Crippen LogP contribution in [0.2, 0.25) is 5.02 Å². The molecule has 10 heteroatoms. The zero-order valence-electron chi connectivity index (χ0n) is 16.8. The Morgan fingerprint density at radius 3 is 2.41 bits per heavy atom. The molecule has 2 heterocycles. The second-order valence-electron chi connectivity index (χ2n) is 7.02. The lowest BCUT2D eigenvalue weighted by Gasteiger charge is -2.33. The molecule has 1 saturated heterocycles. The van der Waals surface area contributed by atoms with Crippen LogP contribution in [-0.4, -0.2) is 43.9 Å². The third kappa shape index (κ3) is 4.53. The van der Waals surface area contributed by atoms with Crippen LogP contribution in [0.5, 0.6) is 0 Å². The van der Waals surface area contributed by atoms with E-state index in [1.165, 1.54) is 22.5 Å². The van der Waals surface area contributed by atoms with E-state index in [2.05, 4.69) is 4.98 Å². The molecule has 0 spiro atoms. The Balaban J connectivity index is 1.48. The van der Waals surface area contributed by atoms with E-state index >= 15 is 0 Å². The number of aromatic nitrogens is 1. The summed E-state index contributed by atoms with van der Waals surface area (Å²) in [6.45, 7) is 0.798. The highest BCUT2D eigenvalue weighted by molar-refractivity contribution is 7.89. The fourth-order valence-corrected chi connectivity index (χ4v) is 4.97. The van der Waals surface area contributed by atoms with Crippen molar-refractivity contribution in [2.45, 2.75) is 4.90 Å². The average Bonchev–Trinajstić information content (AvgIpc) is 3.22. The highest BCUT2D eigenvalue weighted by Crippen LogP contribution is 2.26. The van der Waals surface area contributed by atoms with Crippen molar-refractivity contribution in [2.75, 3.05) is 31.1 Å². The van der Waals surface area contributed by atoms with Gasteiger partial charge in [-0.15, -0.1) is 0 Å². The number of benzene rings is 2. The Bertz CT molecular complexity index is 1290. The highest BCUT2D eigenvalue weighted by atomic mass is 35.5. The summed E-state index contributed by atoms with van der Waals surface area (Å²) in [5.74, 6) is -0.242. The molecule has 0 atom stereocenters. The van der Waals surface area contributed by atoms with E-state index in [0.29, 0.717) is 5.02 Å². The minimum atomic E-state index is -3.95. The van der Waals surface area contributed by atoms with Crippen molar-refractivity contribution in [2.24, 2.45) is 0 Å². The molecule has 4 rings (SSSR count). The minimum absolute atomic E-state index is 0.117. The van der Waals surface area contributed by atoms with E-state index in [1.807, 2.05) is 18.2 Å². The van der Waals surface area contributed by atoms with E-state index in [0.717, 1.165) is 11.6 Å². The Labute approximate surface area is 190 Å². The molecule has 0 amide bonds. The monoisotopic (exact) mass is 472 g/mol. The van der Waals surface area contributed by atoms with Crippen LogP contribution in [0.4, 0.5) is 10.3 Å². The first-order valence-electron chi connectivity index (χ1n) is 9.72. The minimum Gasteiger partial charge on any atom is -0.420 e. The van der Waals surface area contributed by atoms with E-state index in [4.69, 9.17) is 16.0 Å². The van der Waals surface area contributed by atoms with Crippen molar-refractivity contribution in [1.82, 2.24) is 9.29 Å². The van der Waals surface area contributed by atoms with Gasteiger partial charge in [0.25, 0.3) is 0 Å². The van der Waals surface area contributed by atoms with Gasteiger partial charge in [0.2, 0.25) is 27.5 Å². The average molecular weight is 473 g/mol. The molecule has 7 nitrogen and oxygen atoms in total.